The number of hydrogen-bond acceptors (Lipinski definition) is 7. The van der Waals surface area contributed by atoms with Crippen molar-refractivity contribution >= 4 is 38.5 Å². The van der Waals surface area contributed by atoms with Crippen molar-refractivity contribution < 1.29 is 17.9 Å². The van der Waals surface area contributed by atoms with Crippen molar-refractivity contribution in [2.24, 2.45) is 0 Å². The summed E-state index contributed by atoms with van der Waals surface area (Å²) < 4.78 is 30.5. The Morgan fingerprint density at radius 1 is 1.34 bits per heavy atom. The molecular formula is C22H21N5O4S. The van der Waals surface area contributed by atoms with E-state index in [-0.39, 0.29) is 23.1 Å². The van der Waals surface area contributed by atoms with Gasteiger partial charge in [0.2, 0.25) is 0 Å². The Kier molecular flexibility index (Phi) is 5.67. The summed E-state index contributed by atoms with van der Waals surface area (Å²) in [5, 5.41) is 17.4. The number of methoxy groups -OCH3 is 1. The number of carbonyl (C=O) groups excluding carboxylic acids is 1. The van der Waals surface area contributed by atoms with E-state index in [0.29, 0.717) is 34.8 Å². The highest BCUT2D eigenvalue weighted by Gasteiger charge is 2.31. The second-order valence-electron chi connectivity index (χ2n) is 7.58. The SMILES string of the molecule is COc1ccc(NC(=O)/C(C#N)=C/c2cnc3c(c2)c(C)nn3[C@@H]2CCS(=O)(=O)C2)cc1. The zero-order valence-electron chi connectivity index (χ0n) is 17.6. The molecule has 164 valence electrons. The summed E-state index contributed by atoms with van der Waals surface area (Å²) in [4.78, 5) is 17.0. The average Bonchev–Trinajstić information content (AvgIpc) is 3.31. The Morgan fingerprint density at radius 3 is 2.72 bits per heavy atom. The number of rotatable bonds is 5. The second-order valence-corrected chi connectivity index (χ2v) is 9.81. The van der Waals surface area contributed by atoms with Crippen molar-refractivity contribution in [2.45, 2.75) is 19.4 Å². The molecule has 32 heavy (non-hydrogen) atoms. The Labute approximate surface area is 185 Å². The minimum Gasteiger partial charge on any atom is -0.497 e. The number of sulfone groups is 1. The number of carbonyl (C=O) groups is 1. The lowest BCUT2D eigenvalue weighted by atomic mass is 10.1. The van der Waals surface area contributed by atoms with Crippen molar-refractivity contribution in [2.75, 3.05) is 23.9 Å². The minimum atomic E-state index is -3.06. The van der Waals surface area contributed by atoms with Gasteiger partial charge in [-0.15, -0.1) is 0 Å². The third kappa shape index (κ3) is 4.33. The van der Waals surface area contributed by atoms with Gasteiger partial charge in [0.05, 0.1) is 30.4 Å². The largest absolute Gasteiger partial charge is 0.497 e. The highest BCUT2D eigenvalue weighted by Crippen LogP contribution is 2.28. The van der Waals surface area contributed by atoms with Crippen LogP contribution in [0.15, 0.2) is 42.1 Å². The molecule has 0 bridgehead atoms. The maximum absolute atomic E-state index is 12.5. The average molecular weight is 452 g/mol. The Bertz CT molecular complexity index is 1370. The second kappa shape index (κ2) is 8.43. The molecule has 9 nitrogen and oxygen atoms in total. The van der Waals surface area contributed by atoms with E-state index < -0.39 is 15.7 Å². The number of nitrogens with zero attached hydrogens (tertiary/aromatic N) is 4. The van der Waals surface area contributed by atoms with Gasteiger partial charge in [-0.05, 0) is 55.3 Å². The van der Waals surface area contributed by atoms with Gasteiger partial charge >= 0.3 is 0 Å². The van der Waals surface area contributed by atoms with Gasteiger partial charge in [0.25, 0.3) is 5.91 Å². The van der Waals surface area contributed by atoms with Gasteiger partial charge in [-0.1, -0.05) is 0 Å². The van der Waals surface area contributed by atoms with Gasteiger partial charge in [-0.25, -0.2) is 18.1 Å². The number of aryl methyl sites for hydroxylation is 1. The van der Waals surface area contributed by atoms with Crippen LogP contribution < -0.4 is 10.1 Å². The van der Waals surface area contributed by atoms with Crippen LogP contribution in [-0.4, -0.2) is 47.7 Å². The van der Waals surface area contributed by atoms with Crippen molar-refractivity contribution in [1.82, 2.24) is 14.8 Å². The van der Waals surface area contributed by atoms with Crippen LogP contribution in [0.4, 0.5) is 5.69 Å². The maximum Gasteiger partial charge on any atom is 0.266 e. The maximum atomic E-state index is 12.5. The van der Waals surface area contributed by atoms with Gasteiger partial charge in [-0.3, -0.25) is 4.79 Å². The lowest BCUT2D eigenvalue weighted by Crippen LogP contribution is -2.13. The summed E-state index contributed by atoms with van der Waals surface area (Å²) in [7, 11) is -1.50. The Hall–Kier alpha value is -3.71. The number of fused-ring (bicyclic) bond motifs is 1. The van der Waals surface area contributed by atoms with Crippen LogP contribution in [0, 0.1) is 18.3 Å². The van der Waals surface area contributed by atoms with Gasteiger partial charge in [0.1, 0.15) is 17.4 Å². The van der Waals surface area contributed by atoms with Crippen molar-refractivity contribution in [1.29, 1.82) is 5.26 Å². The third-order valence-corrected chi connectivity index (χ3v) is 7.08. The van der Waals surface area contributed by atoms with Crippen LogP contribution in [0.1, 0.15) is 23.7 Å². The number of anilines is 1. The molecule has 0 radical (unpaired) electrons. The van der Waals surface area contributed by atoms with Crippen LogP contribution in [0.2, 0.25) is 0 Å². The molecule has 0 aliphatic carbocycles. The van der Waals surface area contributed by atoms with Crippen LogP contribution in [0.3, 0.4) is 0 Å². The van der Waals surface area contributed by atoms with Crippen molar-refractivity contribution in [3.8, 4) is 11.8 Å². The van der Waals surface area contributed by atoms with Gasteiger partial charge < -0.3 is 10.1 Å². The van der Waals surface area contributed by atoms with E-state index in [1.807, 2.05) is 13.0 Å². The molecule has 1 aliphatic rings. The number of ether oxygens (including phenoxy) is 1. The molecule has 1 amide bonds. The molecule has 0 spiro atoms. The molecule has 1 saturated heterocycles. The van der Waals surface area contributed by atoms with E-state index in [1.54, 1.807) is 48.3 Å². The molecule has 10 heteroatoms. The van der Waals surface area contributed by atoms with Gasteiger partial charge in [0, 0.05) is 17.3 Å². The quantitative estimate of drug-likeness (QED) is 0.467. The molecule has 4 rings (SSSR count). The lowest BCUT2D eigenvalue weighted by molar-refractivity contribution is -0.112. The van der Waals surface area contributed by atoms with Crippen LogP contribution in [0.25, 0.3) is 17.1 Å². The van der Waals surface area contributed by atoms with E-state index in [1.165, 1.54) is 6.08 Å². The molecular weight excluding hydrogens is 430 g/mol. The molecule has 2 aromatic heterocycles. The first-order valence-electron chi connectivity index (χ1n) is 9.92. The molecule has 0 unspecified atom stereocenters. The standard InChI is InChI=1S/C22H21N5O4S/c1-14-20-10-15(12-24-21(20)27(26-14)18-7-8-32(29,30)13-18)9-16(11-23)22(28)25-17-3-5-19(31-2)6-4-17/h3-6,9-10,12,18H,7-8,13H2,1-2H3,(H,25,28)/b16-9+/t18-/m1/s1. The summed E-state index contributed by atoms with van der Waals surface area (Å²) in [5.74, 6) is 0.315. The van der Waals surface area contributed by atoms with E-state index in [4.69, 9.17) is 4.74 Å². The number of aromatic nitrogens is 3. The highest BCUT2D eigenvalue weighted by atomic mass is 32.2. The molecule has 3 aromatic rings. The molecule has 1 N–H and O–H groups in total. The van der Waals surface area contributed by atoms with Gasteiger partial charge in [0.15, 0.2) is 15.5 Å². The number of hydrogen-bond donors (Lipinski definition) is 1. The fourth-order valence-electron chi connectivity index (χ4n) is 3.68. The summed E-state index contributed by atoms with van der Waals surface area (Å²) in [6, 6.07) is 10.3. The number of nitrogens with one attached hydrogen (secondary N) is 1. The number of nitriles is 1. The molecule has 1 fully saturated rings. The third-order valence-electron chi connectivity index (χ3n) is 5.33. The lowest BCUT2D eigenvalue weighted by Gasteiger charge is -2.09. The summed E-state index contributed by atoms with van der Waals surface area (Å²) in [6.07, 6.45) is 3.51. The normalized spacial score (nSPS) is 17.8. The van der Waals surface area contributed by atoms with E-state index in [2.05, 4.69) is 15.4 Å². The Balaban J connectivity index is 1.60. The number of amides is 1. The topological polar surface area (TPSA) is 127 Å². The van der Waals surface area contributed by atoms with Crippen LogP contribution >= 0.6 is 0 Å². The first-order valence-corrected chi connectivity index (χ1v) is 11.7. The molecule has 0 saturated carbocycles. The van der Waals surface area contributed by atoms with E-state index >= 15 is 0 Å². The predicted molar refractivity (Wildman–Crippen MR) is 120 cm³/mol. The zero-order valence-corrected chi connectivity index (χ0v) is 18.4. The summed E-state index contributed by atoms with van der Waals surface area (Å²) in [5.41, 5.74) is 2.32. The fraction of sp³-hybridized carbons (Fsp3) is 0.273. The predicted octanol–water partition coefficient (Wildman–Crippen LogP) is 2.65. The molecule has 1 aromatic carbocycles. The highest BCUT2D eigenvalue weighted by molar-refractivity contribution is 7.91. The molecule has 3 heterocycles. The summed E-state index contributed by atoms with van der Waals surface area (Å²) >= 11 is 0. The first kappa shape index (κ1) is 21.5. The van der Waals surface area contributed by atoms with Crippen LogP contribution in [-0.2, 0) is 14.6 Å². The molecule has 1 aliphatic heterocycles. The Morgan fingerprint density at radius 2 is 2.09 bits per heavy atom. The smallest absolute Gasteiger partial charge is 0.266 e. The van der Waals surface area contributed by atoms with E-state index in [0.717, 1.165) is 5.39 Å². The van der Waals surface area contributed by atoms with Gasteiger partial charge in [-0.2, -0.15) is 10.4 Å². The van der Waals surface area contributed by atoms with Crippen molar-refractivity contribution in [3.63, 3.8) is 0 Å². The molecule has 1 atom stereocenters. The summed E-state index contributed by atoms with van der Waals surface area (Å²) in [6.45, 7) is 1.82. The van der Waals surface area contributed by atoms with Crippen molar-refractivity contribution in [3.05, 3.63) is 53.4 Å². The fourth-order valence-corrected chi connectivity index (χ4v) is 5.37. The zero-order chi connectivity index (χ0) is 22.9. The first-order chi connectivity index (χ1) is 15.3. The number of pyridine rings is 1. The van der Waals surface area contributed by atoms with Crippen LogP contribution in [0.5, 0.6) is 5.75 Å². The number of benzene rings is 1. The van der Waals surface area contributed by atoms with E-state index in [9.17, 15) is 18.5 Å². The monoisotopic (exact) mass is 451 g/mol. The minimum absolute atomic E-state index is 0.0522.